The van der Waals surface area contributed by atoms with Gasteiger partial charge in [0.25, 0.3) is 0 Å². The summed E-state index contributed by atoms with van der Waals surface area (Å²) in [5.74, 6) is 0.613. The van der Waals surface area contributed by atoms with Crippen LogP contribution >= 0.6 is 0 Å². The molecule has 3 N–H and O–H groups in total. The maximum absolute atomic E-state index is 12.0. The number of rotatable bonds is 5. The Morgan fingerprint density at radius 1 is 0.933 bits per heavy atom. The summed E-state index contributed by atoms with van der Waals surface area (Å²) in [5.41, 5.74) is 9.50. The number of carbonyl (C=O) groups is 1. The van der Waals surface area contributed by atoms with E-state index in [9.17, 15) is 15.2 Å². The second-order valence-corrected chi connectivity index (χ2v) is 17.7. The van der Waals surface area contributed by atoms with E-state index in [0.717, 1.165) is 38.5 Å². The lowest BCUT2D eigenvalue weighted by atomic mass is 9.24. The van der Waals surface area contributed by atoms with Crippen LogP contribution in [0.15, 0.2) is 60.8 Å². The first-order valence-corrected chi connectivity index (χ1v) is 17.7. The molecule has 0 aromatic heterocycles. The van der Waals surface area contributed by atoms with Gasteiger partial charge in [0.05, 0.1) is 6.07 Å². The van der Waals surface area contributed by atoms with Crippen LogP contribution in [0, 0.1) is 67.0 Å². The van der Waals surface area contributed by atoms with Crippen LogP contribution in [0.5, 0.6) is 0 Å². The van der Waals surface area contributed by atoms with Gasteiger partial charge in [0, 0.05) is 16.4 Å². The Hall–Kier alpha value is -2.38. The Balaban J connectivity index is 1.46. The van der Waals surface area contributed by atoms with Gasteiger partial charge in [-0.05, 0) is 135 Å². The maximum atomic E-state index is 12.0. The first kappa shape index (κ1) is 32.6. The van der Waals surface area contributed by atoms with Crippen LogP contribution in [0.25, 0.3) is 0 Å². The molecular weight excluding hydrogens is 552 g/mol. The number of nitrogens with zero attached hydrogens (tertiary/aromatic N) is 1. The van der Waals surface area contributed by atoms with Gasteiger partial charge < -0.3 is 10.8 Å². The third kappa shape index (κ3) is 3.55. The topological polar surface area (TPSA) is 87.1 Å². The Morgan fingerprint density at radius 3 is 2.18 bits per heavy atom. The highest BCUT2D eigenvalue weighted by Gasteiger charge is 2.78. The highest BCUT2D eigenvalue weighted by molar-refractivity contribution is 5.78. The molecule has 6 rings (SSSR count). The SMILES string of the molecule is C=CC12CCC3(C)C4(C)CCC5(N)CCC(C(=C)C)C5C4CCC3(C=C)C1(C)CC=C(C1=CCC(C#N)(C(=O)O)CC1)C2(C)C. The highest BCUT2D eigenvalue weighted by atomic mass is 16.4. The monoisotopic (exact) mass is 610 g/mol. The Morgan fingerprint density at radius 2 is 1.62 bits per heavy atom. The van der Waals surface area contributed by atoms with Crippen LogP contribution in [0.1, 0.15) is 119 Å². The number of hydrogen-bond donors (Lipinski definition) is 2. The summed E-state index contributed by atoms with van der Waals surface area (Å²) < 4.78 is 0. The second kappa shape index (κ2) is 9.82. The summed E-state index contributed by atoms with van der Waals surface area (Å²) in [5, 5.41) is 19.6. The van der Waals surface area contributed by atoms with Crippen LogP contribution in [0.4, 0.5) is 0 Å². The molecule has 0 radical (unpaired) electrons. The van der Waals surface area contributed by atoms with Crippen LogP contribution in [0.3, 0.4) is 0 Å². The van der Waals surface area contributed by atoms with Crippen molar-refractivity contribution < 1.29 is 9.90 Å². The van der Waals surface area contributed by atoms with E-state index in [2.05, 4.69) is 85.1 Å². The molecule has 0 spiro atoms. The van der Waals surface area contributed by atoms with Crippen molar-refractivity contribution in [3.05, 3.63) is 60.8 Å². The lowest BCUT2D eigenvalue weighted by Gasteiger charge is -2.79. The summed E-state index contributed by atoms with van der Waals surface area (Å²) in [7, 11) is 0. The minimum Gasteiger partial charge on any atom is -0.480 e. The smallest absolute Gasteiger partial charge is 0.324 e. The standard InChI is InChI=1S/C41H58N2O2/c1-10-40-25-23-36(8)35(7)22-24-39(43)20-14-29(27(3)4)32(39)31(35)16-21-41(36,11-2)37(40,9)17-15-30(34(40,5)6)28-12-18-38(26-42,19-13-28)33(44)45/h10-12,15,29,31-32H,1-3,13-14,16-25,43H2,4-9H3,(H,44,45). The Kier molecular flexibility index (Phi) is 7.11. The minimum absolute atomic E-state index is 0.0644. The fourth-order valence-corrected chi connectivity index (χ4v) is 13.9. The fraction of sp³-hybridized carbons (Fsp3) is 0.707. The molecule has 0 amide bonds. The van der Waals surface area contributed by atoms with Crippen molar-refractivity contribution in [1.29, 1.82) is 5.26 Å². The van der Waals surface area contributed by atoms with E-state index in [1.54, 1.807) is 0 Å². The molecule has 10 atom stereocenters. The number of aliphatic carboxylic acids is 1. The number of carboxylic acid groups (broad SMARTS) is 1. The molecule has 6 aliphatic rings. The van der Waals surface area contributed by atoms with Crippen molar-refractivity contribution >= 4 is 5.97 Å². The number of allylic oxidation sites excluding steroid dienone is 7. The van der Waals surface area contributed by atoms with E-state index in [0.29, 0.717) is 30.6 Å². The van der Waals surface area contributed by atoms with E-state index in [4.69, 9.17) is 12.3 Å². The zero-order valence-corrected chi connectivity index (χ0v) is 29.0. The van der Waals surface area contributed by atoms with Gasteiger partial charge in [-0.15, -0.1) is 13.2 Å². The van der Waals surface area contributed by atoms with E-state index >= 15 is 0 Å². The molecule has 45 heavy (non-hydrogen) atoms. The van der Waals surface area contributed by atoms with Gasteiger partial charge in [0.15, 0.2) is 5.41 Å². The first-order chi connectivity index (χ1) is 21.0. The zero-order valence-electron chi connectivity index (χ0n) is 29.0. The number of nitriles is 1. The van der Waals surface area contributed by atoms with Crippen LogP contribution in [0.2, 0.25) is 0 Å². The van der Waals surface area contributed by atoms with Gasteiger partial charge in [-0.25, -0.2) is 0 Å². The second-order valence-electron chi connectivity index (χ2n) is 17.7. The average molecular weight is 611 g/mol. The number of fused-ring (bicyclic) bond motifs is 7. The van der Waals surface area contributed by atoms with Crippen molar-refractivity contribution in [2.45, 2.75) is 124 Å². The number of nitrogens with two attached hydrogens (primary N) is 1. The molecule has 10 unspecified atom stereocenters. The third-order valence-corrected chi connectivity index (χ3v) is 16.8. The van der Waals surface area contributed by atoms with Crippen molar-refractivity contribution in [3.8, 4) is 6.07 Å². The molecule has 0 aromatic carbocycles. The summed E-state index contributed by atoms with van der Waals surface area (Å²) in [4.78, 5) is 12.0. The average Bonchev–Trinajstić information content (AvgIpc) is 3.35. The summed E-state index contributed by atoms with van der Waals surface area (Å²) >= 11 is 0. The van der Waals surface area contributed by atoms with Gasteiger partial charge in [-0.3, -0.25) is 4.79 Å². The van der Waals surface area contributed by atoms with Crippen LogP contribution in [-0.4, -0.2) is 16.6 Å². The molecule has 4 fully saturated rings. The van der Waals surface area contributed by atoms with Gasteiger partial charge >= 0.3 is 5.97 Å². The summed E-state index contributed by atoms with van der Waals surface area (Å²) in [6.45, 7) is 28.7. The molecule has 0 heterocycles. The molecular formula is C41H58N2O2. The van der Waals surface area contributed by atoms with E-state index in [1.807, 2.05) is 0 Å². The lowest BCUT2D eigenvalue weighted by molar-refractivity contribution is -0.273. The summed E-state index contributed by atoms with van der Waals surface area (Å²) in [6.07, 6.45) is 20.6. The van der Waals surface area contributed by atoms with Crippen molar-refractivity contribution in [2.24, 2.45) is 61.4 Å². The molecule has 0 aliphatic heterocycles. The molecule has 6 aliphatic carbocycles. The molecule has 0 saturated heterocycles. The molecule has 0 bridgehead atoms. The maximum Gasteiger partial charge on any atom is 0.324 e. The van der Waals surface area contributed by atoms with Crippen molar-refractivity contribution in [2.75, 3.05) is 0 Å². The van der Waals surface area contributed by atoms with Gasteiger partial charge in [-0.1, -0.05) is 71.1 Å². The van der Waals surface area contributed by atoms with Crippen LogP contribution < -0.4 is 5.73 Å². The van der Waals surface area contributed by atoms with E-state index in [-0.39, 0.29) is 44.4 Å². The Bertz CT molecular complexity index is 1460. The lowest BCUT2D eigenvalue weighted by Crippen LogP contribution is -2.73. The molecule has 4 heteroatoms. The van der Waals surface area contributed by atoms with Crippen LogP contribution in [-0.2, 0) is 4.79 Å². The minimum atomic E-state index is -1.31. The van der Waals surface area contributed by atoms with Gasteiger partial charge in [-0.2, -0.15) is 5.26 Å². The van der Waals surface area contributed by atoms with Gasteiger partial charge in [0.2, 0.25) is 0 Å². The summed E-state index contributed by atoms with van der Waals surface area (Å²) in [6, 6.07) is 2.13. The Labute approximate surface area is 273 Å². The van der Waals surface area contributed by atoms with E-state index in [1.165, 1.54) is 36.0 Å². The predicted molar refractivity (Wildman–Crippen MR) is 183 cm³/mol. The number of hydrogen-bond acceptors (Lipinski definition) is 3. The number of carboxylic acids is 1. The van der Waals surface area contributed by atoms with E-state index < -0.39 is 11.4 Å². The normalized spacial score (nSPS) is 49.9. The third-order valence-electron chi connectivity index (χ3n) is 16.8. The van der Waals surface area contributed by atoms with Crippen molar-refractivity contribution in [3.63, 3.8) is 0 Å². The molecule has 4 nitrogen and oxygen atoms in total. The van der Waals surface area contributed by atoms with Gasteiger partial charge in [0.1, 0.15) is 0 Å². The fourth-order valence-electron chi connectivity index (χ4n) is 13.9. The zero-order chi connectivity index (χ0) is 33.1. The predicted octanol–water partition coefficient (Wildman–Crippen LogP) is 9.71. The quantitative estimate of drug-likeness (QED) is 0.303. The first-order valence-electron chi connectivity index (χ1n) is 17.7. The molecule has 244 valence electrons. The highest BCUT2D eigenvalue weighted by Crippen LogP contribution is 2.84. The molecule has 4 saturated carbocycles. The van der Waals surface area contributed by atoms with Crippen molar-refractivity contribution in [1.82, 2.24) is 0 Å². The molecule has 0 aromatic rings. The largest absolute Gasteiger partial charge is 0.480 e.